The first kappa shape index (κ1) is 13.9. The van der Waals surface area contributed by atoms with Crippen LogP contribution in [0.2, 0.25) is 0 Å². The third-order valence-corrected chi connectivity index (χ3v) is 3.92. The number of carbonyl (C=O) groups excluding carboxylic acids is 1. The van der Waals surface area contributed by atoms with Gasteiger partial charge in [-0.2, -0.15) is 0 Å². The van der Waals surface area contributed by atoms with Crippen LogP contribution >= 0.6 is 0 Å². The van der Waals surface area contributed by atoms with Crippen molar-refractivity contribution in [2.45, 2.75) is 44.9 Å². The van der Waals surface area contributed by atoms with Crippen LogP contribution in [0.3, 0.4) is 0 Å². The number of benzene rings is 1. The normalized spacial score (nSPS) is 16.4. The second-order valence-corrected chi connectivity index (χ2v) is 5.77. The number of ether oxygens (including phenoxy) is 1. The molecule has 0 spiro atoms. The van der Waals surface area contributed by atoms with Crippen molar-refractivity contribution in [2.75, 3.05) is 7.11 Å². The molecule has 1 saturated carbocycles. The maximum Gasteiger partial charge on any atom is 0.218 e. The molecule has 1 aromatic rings. The third kappa shape index (κ3) is 3.28. The molecule has 0 radical (unpaired) electrons. The zero-order chi connectivity index (χ0) is 14.0. The SMILES string of the molecule is COc1ccc(C(CC(N)=O)C2CC2)cc1C(C)C. The Morgan fingerprint density at radius 1 is 1.42 bits per heavy atom. The molecule has 1 fully saturated rings. The van der Waals surface area contributed by atoms with Gasteiger partial charge in [-0.15, -0.1) is 0 Å². The van der Waals surface area contributed by atoms with E-state index in [4.69, 9.17) is 10.5 Å². The molecule has 0 saturated heterocycles. The van der Waals surface area contributed by atoms with Crippen molar-refractivity contribution in [1.82, 2.24) is 0 Å². The molecule has 1 amide bonds. The predicted octanol–water partition coefficient (Wildman–Crippen LogP) is 3.19. The molecule has 0 aromatic heterocycles. The van der Waals surface area contributed by atoms with Crippen LogP contribution in [0.25, 0.3) is 0 Å². The van der Waals surface area contributed by atoms with Crippen molar-refractivity contribution in [3.05, 3.63) is 29.3 Å². The summed E-state index contributed by atoms with van der Waals surface area (Å²) in [5.41, 5.74) is 7.82. The molecule has 3 heteroatoms. The Kier molecular flexibility index (Phi) is 4.13. The summed E-state index contributed by atoms with van der Waals surface area (Å²) in [7, 11) is 1.70. The second kappa shape index (κ2) is 5.64. The van der Waals surface area contributed by atoms with Crippen molar-refractivity contribution in [2.24, 2.45) is 11.7 Å². The fraction of sp³-hybridized carbons (Fsp3) is 0.562. The minimum Gasteiger partial charge on any atom is -0.496 e. The fourth-order valence-electron chi connectivity index (χ4n) is 2.71. The van der Waals surface area contributed by atoms with Crippen LogP contribution in [0.15, 0.2) is 18.2 Å². The molecule has 0 aliphatic heterocycles. The molecule has 3 nitrogen and oxygen atoms in total. The molecule has 0 bridgehead atoms. The number of hydrogen-bond donors (Lipinski definition) is 1. The van der Waals surface area contributed by atoms with E-state index in [-0.39, 0.29) is 11.8 Å². The van der Waals surface area contributed by atoms with E-state index < -0.39 is 0 Å². The highest BCUT2D eigenvalue weighted by atomic mass is 16.5. The van der Waals surface area contributed by atoms with Crippen molar-refractivity contribution < 1.29 is 9.53 Å². The van der Waals surface area contributed by atoms with Gasteiger partial charge in [-0.05, 0) is 47.8 Å². The van der Waals surface area contributed by atoms with E-state index in [2.05, 4.69) is 26.0 Å². The number of nitrogens with two attached hydrogens (primary N) is 1. The summed E-state index contributed by atoms with van der Waals surface area (Å²) in [6.07, 6.45) is 2.87. The maximum absolute atomic E-state index is 11.3. The summed E-state index contributed by atoms with van der Waals surface area (Å²) < 4.78 is 5.41. The molecular formula is C16H23NO2. The van der Waals surface area contributed by atoms with Crippen molar-refractivity contribution >= 4 is 5.91 Å². The van der Waals surface area contributed by atoms with Crippen LogP contribution in [-0.2, 0) is 4.79 Å². The molecular weight excluding hydrogens is 238 g/mol. The van der Waals surface area contributed by atoms with Gasteiger partial charge in [-0.25, -0.2) is 0 Å². The monoisotopic (exact) mass is 261 g/mol. The summed E-state index contributed by atoms with van der Waals surface area (Å²) in [6.45, 7) is 4.31. The van der Waals surface area contributed by atoms with E-state index in [1.54, 1.807) is 7.11 Å². The third-order valence-electron chi connectivity index (χ3n) is 3.92. The maximum atomic E-state index is 11.3. The van der Waals surface area contributed by atoms with Gasteiger partial charge in [0.15, 0.2) is 0 Å². The van der Waals surface area contributed by atoms with Gasteiger partial charge in [-0.3, -0.25) is 4.79 Å². The van der Waals surface area contributed by atoms with Crippen LogP contribution in [-0.4, -0.2) is 13.0 Å². The molecule has 0 heterocycles. The first-order valence-electron chi connectivity index (χ1n) is 6.99. The quantitative estimate of drug-likeness (QED) is 0.855. The van der Waals surface area contributed by atoms with Gasteiger partial charge >= 0.3 is 0 Å². The zero-order valence-corrected chi connectivity index (χ0v) is 12.0. The highest BCUT2D eigenvalue weighted by Crippen LogP contribution is 2.45. The molecule has 104 valence electrons. The fourth-order valence-corrected chi connectivity index (χ4v) is 2.71. The van der Waals surface area contributed by atoms with Crippen molar-refractivity contribution in [3.8, 4) is 5.75 Å². The first-order chi connectivity index (χ1) is 9.02. The van der Waals surface area contributed by atoms with Gasteiger partial charge in [0, 0.05) is 6.42 Å². The van der Waals surface area contributed by atoms with E-state index in [0.717, 1.165) is 5.75 Å². The minimum absolute atomic E-state index is 0.209. The Balaban J connectivity index is 2.31. The molecule has 2 N–H and O–H groups in total. The zero-order valence-electron chi connectivity index (χ0n) is 12.0. The van der Waals surface area contributed by atoms with Crippen LogP contribution < -0.4 is 10.5 Å². The lowest BCUT2D eigenvalue weighted by atomic mass is 9.88. The molecule has 1 aliphatic carbocycles. The Hall–Kier alpha value is -1.51. The lowest BCUT2D eigenvalue weighted by molar-refractivity contribution is -0.118. The van der Waals surface area contributed by atoms with E-state index in [0.29, 0.717) is 18.3 Å². The second-order valence-electron chi connectivity index (χ2n) is 5.77. The van der Waals surface area contributed by atoms with Gasteiger partial charge in [0.05, 0.1) is 7.11 Å². The minimum atomic E-state index is -0.209. The Bertz CT molecular complexity index is 464. The molecule has 1 aliphatic rings. The Labute approximate surface area is 115 Å². The number of primary amides is 1. The van der Waals surface area contributed by atoms with E-state index in [9.17, 15) is 4.79 Å². The first-order valence-corrected chi connectivity index (χ1v) is 6.99. The standard InChI is InChI=1S/C16H23NO2/c1-10(2)13-8-12(6-7-15(13)19-3)14(9-16(17)18)11-4-5-11/h6-8,10-11,14H,4-5,9H2,1-3H3,(H2,17,18). The summed E-state index contributed by atoms with van der Waals surface area (Å²) in [4.78, 5) is 11.3. The highest BCUT2D eigenvalue weighted by Gasteiger charge is 2.33. The summed E-state index contributed by atoms with van der Waals surface area (Å²) in [5, 5.41) is 0. The van der Waals surface area contributed by atoms with Gasteiger partial charge < -0.3 is 10.5 Å². The predicted molar refractivity (Wildman–Crippen MR) is 76.4 cm³/mol. The largest absolute Gasteiger partial charge is 0.496 e. The lowest BCUT2D eigenvalue weighted by Crippen LogP contribution is -2.16. The summed E-state index contributed by atoms with van der Waals surface area (Å²) in [5.74, 6) is 2.02. The number of carbonyl (C=O) groups is 1. The van der Waals surface area contributed by atoms with Crippen LogP contribution in [0.4, 0.5) is 0 Å². The van der Waals surface area contributed by atoms with Crippen molar-refractivity contribution in [1.29, 1.82) is 0 Å². The van der Waals surface area contributed by atoms with Crippen LogP contribution in [0, 0.1) is 5.92 Å². The topological polar surface area (TPSA) is 52.3 Å². The molecule has 1 atom stereocenters. The van der Waals surface area contributed by atoms with Crippen LogP contribution in [0.5, 0.6) is 5.75 Å². The number of hydrogen-bond acceptors (Lipinski definition) is 2. The van der Waals surface area contributed by atoms with E-state index in [1.807, 2.05) is 6.07 Å². The molecule has 1 aromatic carbocycles. The van der Waals surface area contributed by atoms with E-state index >= 15 is 0 Å². The number of methoxy groups -OCH3 is 1. The molecule has 1 unspecified atom stereocenters. The molecule has 19 heavy (non-hydrogen) atoms. The van der Waals surface area contributed by atoms with Crippen LogP contribution in [0.1, 0.15) is 56.1 Å². The average Bonchev–Trinajstić information content (AvgIpc) is 3.19. The smallest absolute Gasteiger partial charge is 0.218 e. The Morgan fingerprint density at radius 2 is 2.11 bits per heavy atom. The highest BCUT2D eigenvalue weighted by molar-refractivity contribution is 5.75. The Morgan fingerprint density at radius 3 is 2.58 bits per heavy atom. The van der Waals surface area contributed by atoms with Gasteiger partial charge in [0.1, 0.15) is 5.75 Å². The van der Waals surface area contributed by atoms with E-state index in [1.165, 1.54) is 24.0 Å². The number of amides is 1. The summed E-state index contributed by atoms with van der Waals surface area (Å²) in [6, 6.07) is 6.28. The average molecular weight is 261 g/mol. The van der Waals surface area contributed by atoms with Gasteiger partial charge in [-0.1, -0.05) is 26.0 Å². The lowest BCUT2D eigenvalue weighted by Gasteiger charge is -2.19. The number of rotatable bonds is 6. The summed E-state index contributed by atoms with van der Waals surface area (Å²) >= 11 is 0. The van der Waals surface area contributed by atoms with Crippen molar-refractivity contribution in [3.63, 3.8) is 0 Å². The molecule has 2 rings (SSSR count). The van der Waals surface area contributed by atoms with Gasteiger partial charge in [0.25, 0.3) is 0 Å². The van der Waals surface area contributed by atoms with Gasteiger partial charge in [0.2, 0.25) is 5.91 Å².